The number of rotatable bonds is 3. The highest BCUT2D eigenvalue weighted by Crippen LogP contribution is 2.34. The van der Waals surface area contributed by atoms with Gasteiger partial charge < -0.3 is 10.3 Å². The van der Waals surface area contributed by atoms with Crippen LogP contribution in [0.2, 0.25) is 0 Å². The average Bonchev–Trinajstić information content (AvgIpc) is 2.53. The number of amides is 1. The Balaban J connectivity index is 2.10. The number of aromatic nitrogens is 2. The van der Waals surface area contributed by atoms with Crippen molar-refractivity contribution in [1.82, 2.24) is 9.97 Å². The molecule has 0 radical (unpaired) electrons. The molecule has 1 aromatic heterocycles. The van der Waals surface area contributed by atoms with E-state index in [0.717, 1.165) is 0 Å². The number of nitro groups is 1. The number of nitro benzene ring substituents is 1. The number of hydrogen-bond donors (Lipinski definition) is 2. The molecule has 1 aliphatic rings. The monoisotopic (exact) mass is 332 g/mol. The van der Waals surface area contributed by atoms with E-state index in [9.17, 15) is 19.7 Å². The van der Waals surface area contributed by atoms with Crippen molar-refractivity contribution in [2.45, 2.75) is 17.5 Å². The smallest absolute Gasteiger partial charge is 0.269 e. The summed E-state index contributed by atoms with van der Waals surface area (Å²) >= 11 is 1.27. The number of benzene rings is 1. The Morgan fingerprint density at radius 3 is 2.61 bits per heavy atom. The summed E-state index contributed by atoms with van der Waals surface area (Å²) in [5, 5.41) is 13.8. The zero-order chi connectivity index (χ0) is 16.6. The predicted molar refractivity (Wildman–Crippen MR) is 84.8 cm³/mol. The Bertz CT molecular complexity index is 847. The summed E-state index contributed by atoms with van der Waals surface area (Å²) in [5.74, 6) is -0.476. The Hall–Kier alpha value is -2.68. The Labute approximate surface area is 134 Å². The molecule has 0 saturated heterocycles. The number of carbonyl (C=O) groups excluding carboxylic acids is 1. The van der Waals surface area contributed by atoms with E-state index in [1.807, 2.05) is 0 Å². The molecule has 1 atom stereocenters. The molecule has 0 unspecified atom stereocenters. The molecule has 0 bridgehead atoms. The average molecular weight is 332 g/mol. The van der Waals surface area contributed by atoms with Crippen LogP contribution >= 0.6 is 11.8 Å². The molecule has 1 aliphatic heterocycles. The maximum atomic E-state index is 12.3. The van der Waals surface area contributed by atoms with Gasteiger partial charge >= 0.3 is 0 Å². The van der Waals surface area contributed by atoms with Gasteiger partial charge in [0.2, 0.25) is 5.91 Å². The van der Waals surface area contributed by atoms with Gasteiger partial charge in [0.05, 0.1) is 10.5 Å². The maximum Gasteiger partial charge on any atom is 0.269 e. The van der Waals surface area contributed by atoms with E-state index >= 15 is 0 Å². The van der Waals surface area contributed by atoms with Crippen LogP contribution in [0, 0.1) is 10.1 Å². The van der Waals surface area contributed by atoms with Gasteiger partial charge in [0.15, 0.2) is 5.16 Å². The zero-order valence-corrected chi connectivity index (χ0v) is 12.8. The van der Waals surface area contributed by atoms with Crippen LogP contribution in [0.5, 0.6) is 0 Å². The first-order chi connectivity index (χ1) is 11.0. The van der Waals surface area contributed by atoms with Crippen molar-refractivity contribution in [1.29, 1.82) is 0 Å². The van der Waals surface area contributed by atoms with E-state index in [-0.39, 0.29) is 29.4 Å². The van der Waals surface area contributed by atoms with Crippen molar-refractivity contribution < 1.29 is 9.72 Å². The molecule has 0 saturated carbocycles. The van der Waals surface area contributed by atoms with Crippen molar-refractivity contribution in [3.63, 3.8) is 0 Å². The predicted octanol–water partition coefficient (Wildman–Crippen LogP) is 1.87. The fourth-order valence-corrected chi connectivity index (χ4v) is 2.94. The summed E-state index contributed by atoms with van der Waals surface area (Å²) in [5.41, 5.74) is 0.675. The zero-order valence-electron chi connectivity index (χ0n) is 12.0. The van der Waals surface area contributed by atoms with Gasteiger partial charge in [-0.25, -0.2) is 4.98 Å². The quantitative estimate of drug-likeness (QED) is 0.383. The lowest BCUT2D eigenvalue weighted by Crippen LogP contribution is -2.31. The number of nitrogens with one attached hydrogen (secondary N) is 2. The van der Waals surface area contributed by atoms with Crippen LogP contribution in [0.25, 0.3) is 0 Å². The molecule has 2 N–H and O–H groups in total. The second-order valence-corrected chi connectivity index (χ2v) is 5.79. The lowest BCUT2D eigenvalue weighted by atomic mass is 9.87. The van der Waals surface area contributed by atoms with E-state index in [1.165, 1.54) is 23.9 Å². The SMILES string of the molecule is CSc1nc2c(c(=O)[nH]1)[C@H](c1ccc([N+](=O)[O-])cc1)CC(=O)N2. The molecule has 2 heterocycles. The second-order valence-electron chi connectivity index (χ2n) is 4.99. The molecule has 9 heteroatoms. The number of carbonyl (C=O) groups is 1. The third-order valence-electron chi connectivity index (χ3n) is 3.63. The molecule has 0 aliphatic carbocycles. The lowest BCUT2D eigenvalue weighted by Gasteiger charge is -2.24. The van der Waals surface area contributed by atoms with Crippen LogP contribution in [-0.2, 0) is 4.79 Å². The van der Waals surface area contributed by atoms with Crippen LogP contribution in [-0.4, -0.2) is 27.1 Å². The van der Waals surface area contributed by atoms with E-state index < -0.39 is 10.8 Å². The van der Waals surface area contributed by atoms with E-state index in [1.54, 1.807) is 18.4 Å². The van der Waals surface area contributed by atoms with E-state index in [0.29, 0.717) is 16.3 Å². The van der Waals surface area contributed by atoms with Crippen LogP contribution in [0.4, 0.5) is 11.5 Å². The topological polar surface area (TPSA) is 118 Å². The highest BCUT2D eigenvalue weighted by Gasteiger charge is 2.31. The van der Waals surface area contributed by atoms with Gasteiger partial charge in [0.1, 0.15) is 5.82 Å². The van der Waals surface area contributed by atoms with Gasteiger partial charge in [-0.15, -0.1) is 0 Å². The third-order valence-corrected chi connectivity index (χ3v) is 4.21. The minimum Gasteiger partial charge on any atom is -0.310 e. The van der Waals surface area contributed by atoms with Gasteiger partial charge in [-0.3, -0.25) is 19.7 Å². The third kappa shape index (κ3) is 2.82. The summed E-state index contributed by atoms with van der Waals surface area (Å²) in [6.07, 6.45) is 1.86. The molecule has 3 rings (SSSR count). The highest BCUT2D eigenvalue weighted by atomic mass is 32.2. The Morgan fingerprint density at radius 2 is 2.00 bits per heavy atom. The fourth-order valence-electron chi connectivity index (χ4n) is 2.56. The molecular formula is C14H12N4O4S. The molecule has 0 fully saturated rings. The number of non-ortho nitro benzene ring substituents is 1. The Morgan fingerprint density at radius 1 is 1.30 bits per heavy atom. The number of fused-ring (bicyclic) bond motifs is 1. The van der Waals surface area contributed by atoms with Gasteiger partial charge in [-0.1, -0.05) is 23.9 Å². The minimum atomic E-state index is -0.496. The normalized spacial score (nSPS) is 16.6. The van der Waals surface area contributed by atoms with Crippen molar-refractivity contribution in [3.8, 4) is 0 Å². The summed E-state index contributed by atoms with van der Waals surface area (Å²) in [6.45, 7) is 0. The van der Waals surface area contributed by atoms with Gasteiger partial charge in [-0.05, 0) is 11.8 Å². The maximum absolute atomic E-state index is 12.3. The van der Waals surface area contributed by atoms with Crippen LogP contribution in [0.1, 0.15) is 23.5 Å². The summed E-state index contributed by atoms with van der Waals surface area (Å²) in [6, 6.07) is 5.85. The van der Waals surface area contributed by atoms with Crippen molar-refractivity contribution in [2.75, 3.05) is 11.6 Å². The first-order valence-electron chi connectivity index (χ1n) is 6.72. The molecule has 1 aromatic carbocycles. The summed E-state index contributed by atoms with van der Waals surface area (Å²) in [7, 11) is 0. The molecule has 23 heavy (non-hydrogen) atoms. The van der Waals surface area contributed by atoms with Gasteiger partial charge in [0, 0.05) is 24.5 Å². The van der Waals surface area contributed by atoms with Gasteiger partial charge in [-0.2, -0.15) is 0 Å². The van der Waals surface area contributed by atoms with Crippen molar-refractivity contribution in [3.05, 3.63) is 55.9 Å². The fraction of sp³-hybridized carbons (Fsp3) is 0.214. The molecule has 1 amide bonds. The van der Waals surface area contributed by atoms with Crippen LogP contribution in [0.15, 0.2) is 34.2 Å². The number of anilines is 1. The number of hydrogen-bond acceptors (Lipinski definition) is 6. The lowest BCUT2D eigenvalue weighted by molar-refractivity contribution is -0.384. The van der Waals surface area contributed by atoms with Gasteiger partial charge in [0.25, 0.3) is 11.2 Å². The van der Waals surface area contributed by atoms with Crippen molar-refractivity contribution >= 4 is 29.2 Å². The number of nitrogens with zero attached hydrogens (tertiary/aromatic N) is 2. The van der Waals surface area contributed by atoms with Crippen molar-refractivity contribution in [2.24, 2.45) is 0 Å². The number of thioether (sulfide) groups is 1. The molecule has 8 nitrogen and oxygen atoms in total. The number of H-pyrrole nitrogens is 1. The highest BCUT2D eigenvalue weighted by molar-refractivity contribution is 7.98. The molecule has 0 spiro atoms. The molecule has 2 aromatic rings. The molecular weight excluding hydrogens is 320 g/mol. The summed E-state index contributed by atoms with van der Waals surface area (Å²) in [4.78, 5) is 41.4. The number of aromatic amines is 1. The molecule has 118 valence electrons. The van der Waals surface area contributed by atoms with Crippen LogP contribution in [0.3, 0.4) is 0 Å². The first-order valence-corrected chi connectivity index (χ1v) is 7.94. The first kappa shape index (κ1) is 15.2. The summed E-state index contributed by atoms with van der Waals surface area (Å²) < 4.78 is 0. The standard InChI is InChI=1S/C14H12N4O4S/c1-23-14-16-12-11(13(20)17-14)9(6-10(19)15-12)7-2-4-8(5-3-7)18(21)22/h2-5,9H,6H2,1H3,(H2,15,16,17,19,20)/t9-/m0/s1. The van der Waals surface area contributed by atoms with Crippen LogP contribution < -0.4 is 10.9 Å². The second kappa shape index (κ2) is 5.84. The Kier molecular flexibility index (Phi) is 3.87. The van der Waals surface area contributed by atoms with E-state index in [2.05, 4.69) is 15.3 Å². The van der Waals surface area contributed by atoms with E-state index in [4.69, 9.17) is 0 Å². The largest absolute Gasteiger partial charge is 0.310 e. The minimum absolute atomic E-state index is 0.0426.